The van der Waals surface area contributed by atoms with Gasteiger partial charge in [0.2, 0.25) is 5.91 Å². The smallest absolute Gasteiger partial charge is 0.248 e. The van der Waals surface area contributed by atoms with E-state index in [1.54, 1.807) is 17.0 Å². The number of halogens is 3. The van der Waals surface area contributed by atoms with Crippen LogP contribution in [0.1, 0.15) is 0 Å². The summed E-state index contributed by atoms with van der Waals surface area (Å²) in [5, 5.41) is 10.8. The molecule has 0 unspecified atom stereocenters. The molecule has 25 heavy (non-hydrogen) atoms. The van der Waals surface area contributed by atoms with Crippen molar-refractivity contribution in [2.24, 2.45) is 0 Å². The molecular formula is C18H19Cl3N2O2. The maximum atomic E-state index is 11.3. The highest BCUT2D eigenvalue weighted by Crippen LogP contribution is 2.29. The molecule has 1 aliphatic heterocycles. The molecule has 0 spiro atoms. The summed E-state index contributed by atoms with van der Waals surface area (Å²) < 4.78 is 0. The molecule has 1 N–H and O–H groups in total. The average Bonchev–Trinajstić information content (AvgIpc) is 2.62. The normalized spacial score (nSPS) is 13.9. The molecule has 134 valence electrons. The zero-order valence-electron chi connectivity index (χ0n) is 13.5. The minimum absolute atomic E-state index is 0.225. The van der Waals surface area contributed by atoms with E-state index in [4.69, 9.17) is 39.9 Å². The van der Waals surface area contributed by atoms with Gasteiger partial charge < -0.3 is 14.9 Å². The van der Waals surface area contributed by atoms with E-state index in [1.807, 2.05) is 36.4 Å². The van der Waals surface area contributed by atoms with Gasteiger partial charge in [0.1, 0.15) is 6.61 Å². The number of aliphatic hydroxyl groups is 1. The molecule has 2 aromatic carbocycles. The fourth-order valence-corrected chi connectivity index (χ4v) is 3.12. The Morgan fingerprint density at radius 2 is 1.56 bits per heavy atom. The number of piperazine rings is 1. The molecule has 1 aliphatic rings. The lowest BCUT2D eigenvalue weighted by molar-refractivity contribution is -0.134. The molecule has 0 aliphatic carbocycles. The monoisotopic (exact) mass is 400 g/mol. The minimum Gasteiger partial charge on any atom is -0.387 e. The van der Waals surface area contributed by atoms with Crippen LogP contribution in [-0.4, -0.2) is 48.7 Å². The number of hydrogen-bond donors (Lipinski definition) is 1. The third-order valence-electron chi connectivity index (χ3n) is 3.75. The molecule has 0 aromatic heterocycles. The second-order valence-corrected chi connectivity index (χ2v) is 6.70. The van der Waals surface area contributed by atoms with E-state index < -0.39 is 6.61 Å². The first-order valence-electron chi connectivity index (χ1n) is 7.80. The highest BCUT2D eigenvalue weighted by molar-refractivity contribution is 6.36. The number of hydrogen-bond acceptors (Lipinski definition) is 3. The van der Waals surface area contributed by atoms with Crippen molar-refractivity contribution in [1.29, 1.82) is 0 Å². The molecule has 7 heteroatoms. The summed E-state index contributed by atoms with van der Waals surface area (Å²) in [7, 11) is 0. The van der Waals surface area contributed by atoms with Gasteiger partial charge in [0.15, 0.2) is 0 Å². The van der Waals surface area contributed by atoms with Crippen LogP contribution in [0.25, 0.3) is 0 Å². The summed E-state index contributed by atoms with van der Waals surface area (Å²) in [5.41, 5.74) is 0.928. The zero-order valence-corrected chi connectivity index (χ0v) is 15.8. The summed E-state index contributed by atoms with van der Waals surface area (Å²) in [4.78, 5) is 15.1. The molecule has 4 nitrogen and oxygen atoms in total. The van der Waals surface area contributed by atoms with Crippen molar-refractivity contribution in [3.63, 3.8) is 0 Å². The van der Waals surface area contributed by atoms with Crippen LogP contribution in [0.15, 0.2) is 48.5 Å². The van der Waals surface area contributed by atoms with Crippen molar-refractivity contribution in [2.75, 3.05) is 37.7 Å². The molecular weight excluding hydrogens is 383 g/mol. The average molecular weight is 402 g/mol. The molecule has 1 heterocycles. The summed E-state index contributed by atoms with van der Waals surface area (Å²) in [6, 6.07) is 14.8. The number of amides is 1. The second-order valence-electron chi connectivity index (χ2n) is 5.42. The Kier molecular flexibility index (Phi) is 7.85. The standard InChI is InChI=1S/C12H14Cl2N2O2.C6H5Cl/c13-9-1-2-11(10(14)7-9)15-3-5-16(6-4-15)12(18)8-17;7-6-4-2-1-3-5-6/h1-2,7,17H,3-6,8H2;1-5H. The zero-order chi connectivity index (χ0) is 18.2. The number of nitrogens with zero attached hydrogens (tertiary/aromatic N) is 2. The molecule has 0 saturated carbocycles. The van der Waals surface area contributed by atoms with Crippen LogP contribution in [0, 0.1) is 0 Å². The van der Waals surface area contributed by atoms with Crippen molar-refractivity contribution < 1.29 is 9.90 Å². The Morgan fingerprint density at radius 3 is 2.04 bits per heavy atom. The first kappa shape index (κ1) is 19.9. The maximum absolute atomic E-state index is 11.3. The van der Waals surface area contributed by atoms with Crippen LogP contribution >= 0.6 is 34.8 Å². The summed E-state index contributed by atoms with van der Waals surface area (Å²) in [6.45, 7) is 2.17. The summed E-state index contributed by atoms with van der Waals surface area (Å²) >= 11 is 17.5. The van der Waals surface area contributed by atoms with E-state index in [-0.39, 0.29) is 5.91 Å². The Bertz CT molecular complexity index is 690. The number of aliphatic hydroxyl groups excluding tert-OH is 1. The Labute approximate surface area is 162 Å². The molecule has 1 fully saturated rings. The van der Waals surface area contributed by atoms with Crippen LogP contribution in [0.3, 0.4) is 0 Å². The number of benzene rings is 2. The van der Waals surface area contributed by atoms with E-state index in [1.165, 1.54) is 0 Å². The fraction of sp³-hybridized carbons (Fsp3) is 0.278. The SMILES string of the molecule is Clc1ccccc1.O=C(CO)N1CCN(c2ccc(Cl)cc2Cl)CC1. The molecule has 0 bridgehead atoms. The molecule has 3 rings (SSSR count). The van der Waals surface area contributed by atoms with Crippen molar-refractivity contribution in [3.8, 4) is 0 Å². The van der Waals surface area contributed by atoms with Gasteiger partial charge in [-0.25, -0.2) is 0 Å². The molecule has 1 saturated heterocycles. The van der Waals surface area contributed by atoms with Gasteiger partial charge in [-0.05, 0) is 30.3 Å². The van der Waals surface area contributed by atoms with Crippen LogP contribution in [-0.2, 0) is 4.79 Å². The van der Waals surface area contributed by atoms with Gasteiger partial charge in [-0.2, -0.15) is 0 Å². The Morgan fingerprint density at radius 1 is 0.920 bits per heavy atom. The molecule has 2 aromatic rings. The summed E-state index contributed by atoms with van der Waals surface area (Å²) in [6.07, 6.45) is 0. The van der Waals surface area contributed by atoms with E-state index in [0.29, 0.717) is 36.2 Å². The van der Waals surface area contributed by atoms with Crippen LogP contribution in [0.4, 0.5) is 5.69 Å². The maximum Gasteiger partial charge on any atom is 0.248 e. The van der Waals surface area contributed by atoms with Crippen LogP contribution in [0.5, 0.6) is 0 Å². The van der Waals surface area contributed by atoms with Gasteiger partial charge in [0.05, 0.1) is 10.7 Å². The number of anilines is 1. The topological polar surface area (TPSA) is 43.8 Å². The largest absolute Gasteiger partial charge is 0.387 e. The summed E-state index contributed by atoms with van der Waals surface area (Å²) in [5.74, 6) is -0.225. The predicted octanol–water partition coefficient (Wildman–Crippen LogP) is 3.97. The quantitative estimate of drug-likeness (QED) is 0.828. The van der Waals surface area contributed by atoms with Gasteiger partial charge in [0, 0.05) is 36.2 Å². The van der Waals surface area contributed by atoms with E-state index in [2.05, 4.69) is 4.90 Å². The lowest BCUT2D eigenvalue weighted by atomic mass is 10.2. The Balaban J connectivity index is 0.000000269. The van der Waals surface area contributed by atoms with Crippen LogP contribution in [0.2, 0.25) is 15.1 Å². The van der Waals surface area contributed by atoms with Gasteiger partial charge in [-0.3, -0.25) is 4.79 Å². The number of carbonyl (C=O) groups excluding carboxylic acids is 1. The lowest BCUT2D eigenvalue weighted by Gasteiger charge is -2.36. The third kappa shape index (κ3) is 6.08. The second kappa shape index (κ2) is 9.88. The predicted molar refractivity (Wildman–Crippen MR) is 104 cm³/mol. The highest BCUT2D eigenvalue weighted by Gasteiger charge is 2.21. The Hall–Kier alpha value is -1.46. The first-order valence-corrected chi connectivity index (χ1v) is 8.94. The molecule has 0 radical (unpaired) electrons. The van der Waals surface area contributed by atoms with E-state index >= 15 is 0 Å². The number of carbonyl (C=O) groups is 1. The third-order valence-corrected chi connectivity index (χ3v) is 4.54. The fourth-order valence-electron chi connectivity index (χ4n) is 2.45. The number of rotatable bonds is 2. The van der Waals surface area contributed by atoms with Crippen molar-refractivity contribution >= 4 is 46.4 Å². The highest BCUT2D eigenvalue weighted by atomic mass is 35.5. The van der Waals surface area contributed by atoms with E-state index in [9.17, 15) is 4.79 Å². The van der Waals surface area contributed by atoms with Gasteiger partial charge in [0.25, 0.3) is 0 Å². The van der Waals surface area contributed by atoms with Gasteiger partial charge in [-0.15, -0.1) is 0 Å². The van der Waals surface area contributed by atoms with Gasteiger partial charge >= 0.3 is 0 Å². The van der Waals surface area contributed by atoms with Crippen molar-refractivity contribution in [2.45, 2.75) is 0 Å². The van der Waals surface area contributed by atoms with Crippen LogP contribution < -0.4 is 4.90 Å². The van der Waals surface area contributed by atoms with Crippen molar-refractivity contribution in [3.05, 3.63) is 63.6 Å². The first-order chi connectivity index (χ1) is 12.0. The lowest BCUT2D eigenvalue weighted by Crippen LogP contribution is -2.49. The minimum atomic E-state index is -0.429. The molecule has 1 amide bonds. The van der Waals surface area contributed by atoms with E-state index in [0.717, 1.165) is 10.7 Å². The van der Waals surface area contributed by atoms with Gasteiger partial charge in [-0.1, -0.05) is 53.0 Å². The molecule has 0 atom stereocenters. The van der Waals surface area contributed by atoms with Crippen molar-refractivity contribution in [1.82, 2.24) is 4.90 Å².